The van der Waals surface area contributed by atoms with Gasteiger partial charge in [-0.3, -0.25) is 10.1 Å². The molecule has 1 saturated heterocycles. The van der Waals surface area contributed by atoms with Crippen molar-refractivity contribution in [2.75, 3.05) is 27.2 Å². The topological polar surface area (TPSA) is 35.6 Å². The number of nitrogens with one attached hydrogen (secondary N) is 1. The molecule has 0 aromatic rings. The zero-order valence-electron chi connectivity index (χ0n) is 13.8. The maximum Gasteiger partial charge on any atom is 0.240 e. The lowest BCUT2D eigenvalue weighted by atomic mass is 9.91. The van der Waals surface area contributed by atoms with Gasteiger partial charge in [0.25, 0.3) is 0 Å². The summed E-state index contributed by atoms with van der Waals surface area (Å²) >= 11 is 0. The molecule has 2 rings (SSSR count). The predicted octanol–water partition coefficient (Wildman–Crippen LogP) is 1.91. The Labute approximate surface area is 123 Å². The largest absolute Gasteiger partial charge is 0.325 e. The quantitative estimate of drug-likeness (QED) is 0.836. The van der Waals surface area contributed by atoms with Crippen LogP contribution < -0.4 is 5.32 Å². The molecule has 1 aliphatic heterocycles. The minimum Gasteiger partial charge on any atom is -0.325 e. The number of amides is 1. The SMILES string of the molecule is CC1NC(C2CCCC2)N(CC(C)(C)CN(C)C)C1=O. The molecule has 2 atom stereocenters. The van der Waals surface area contributed by atoms with Crippen molar-refractivity contribution in [1.29, 1.82) is 0 Å². The molecule has 2 fully saturated rings. The van der Waals surface area contributed by atoms with E-state index >= 15 is 0 Å². The lowest BCUT2D eigenvalue weighted by Crippen LogP contribution is -2.48. The van der Waals surface area contributed by atoms with Gasteiger partial charge in [0.15, 0.2) is 0 Å². The highest BCUT2D eigenvalue weighted by molar-refractivity contribution is 5.84. The van der Waals surface area contributed by atoms with Gasteiger partial charge in [0, 0.05) is 13.1 Å². The molecule has 0 aromatic heterocycles. The summed E-state index contributed by atoms with van der Waals surface area (Å²) in [5.74, 6) is 0.938. The Kier molecular flexibility index (Phi) is 4.75. The van der Waals surface area contributed by atoms with E-state index in [1.165, 1.54) is 25.7 Å². The number of rotatable bonds is 5. The molecule has 4 nitrogen and oxygen atoms in total. The minimum atomic E-state index is -0.0178. The van der Waals surface area contributed by atoms with E-state index in [9.17, 15) is 4.79 Å². The summed E-state index contributed by atoms with van der Waals surface area (Å²) in [6.07, 6.45) is 5.44. The molecular weight excluding hydrogens is 250 g/mol. The summed E-state index contributed by atoms with van der Waals surface area (Å²) in [5, 5.41) is 3.53. The van der Waals surface area contributed by atoms with Gasteiger partial charge < -0.3 is 9.80 Å². The first-order chi connectivity index (χ1) is 9.30. The van der Waals surface area contributed by atoms with Gasteiger partial charge in [0.1, 0.15) is 0 Å². The first-order valence-electron chi connectivity index (χ1n) is 8.01. The average Bonchev–Trinajstić information content (AvgIpc) is 2.91. The van der Waals surface area contributed by atoms with Gasteiger partial charge in [-0.1, -0.05) is 26.7 Å². The second kappa shape index (κ2) is 6.02. The van der Waals surface area contributed by atoms with E-state index in [0.717, 1.165) is 13.1 Å². The van der Waals surface area contributed by atoms with Gasteiger partial charge in [-0.05, 0) is 45.2 Å². The summed E-state index contributed by atoms with van der Waals surface area (Å²) in [6.45, 7) is 8.37. The molecule has 1 N–H and O–H groups in total. The van der Waals surface area contributed by atoms with Crippen molar-refractivity contribution in [2.45, 2.75) is 58.7 Å². The second-order valence-corrected chi connectivity index (χ2v) is 7.75. The molecule has 1 amide bonds. The third kappa shape index (κ3) is 3.53. The summed E-state index contributed by atoms with van der Waals surface area (Å²) in [6, 6.07) is -0.0178. The third-order valence-corrected chi connectivity index (χ3v) is 4.60. The van der Waals surface area contributed by atoms with Crippen LogP contribution in [0.3, 0.4) is 0 Å². The average molecular weight is 281 g/mol. The normalized spacial score (nSPS) is 28.9. The summed E-state index contributed by atoms with van der Waals surface area (Å²) in [5.41, 5.74) is 0.127. The van der Waals surface area contributed by atoms with Crippen LogP contribution >= 0.6 is 0 Å². The molecule has 2 aliphatic rings. The highest BCUT2D eigenvalue weighted by Crippen LogP contribution is 2.33. The molecule has 0 spiro atoms. The Balaban J connectivity index is 2.07. The maximum absolute atomic E-state index is 12.5. The molecule has 1 saturated carbocycles. The van der Waals surface area contributed by atoms with Crippen molar-refractivity contribution < 1.29 is 4.79 Å². The molecule has 0 aromatic carbocycles. The first kappa shape index (κ1) is 15.8. The fourth-order valence-corrected chi connectivity index (χ4v) is 4.01. The van der Waals surface area contributed by atoms with Crippen LogP contribution in [0.4, 0.5) is 0 Å². The van der Waals surface area contributed by atoms with Gasteiger partial charge in [0.05, 0.1) is 12.2 Å². The zero-order chi connectivity index (χ0) is 14.9. The maximum atomic E-state index is 12.5. The minimum absolute atomic E-state index is 0.0178. The van der Waals surface area contributed by atoms with Gasteiger partial charge in [0.2, 0.25) is 5.91 Å². The fraction of sp³-hybridized carbons (Fsp3) is 0.938. The Hall–Kier alpha value is -0.610. The highest BCUT2D eigenvalue weighted by Gasteiger charge is 2.43. The van der Waals surface area contributed by atoms with Gasteiger partial charge in [-0.15, -0.1) is 0 Å². The Morgan fingerprint density at radius 2 is 1.90 bits per heavy atom. The molecule has 0 radical (unpaired) electrons. The standard InChI is InChI=1S/C16H31N3O/c1-12-15(20)19(11-16(2,3)10-18(4)5)14(17-12)13-8-6-7-9-13/h12-14,17H,6-11H2,1-5H3. The van der Waals surface area contributed by atoms with E-state index in [2.05, 4.69) is 43.1 Å². The van der Waals surface area contributed by atoms with E-state index in [1.54, 1.807) is 0 Å². The summed E-state index contributed by atoms with van der Waals surface area (Å²) < 4.78 is 0. The van der Waals surface area contributed by atoms with Crippen LogP contribution in [0.25, 0.3) is 0 Å². The van der Waals surface area contributed by atoms with E-state index in [4.69, 9.17) is 0 Å². The van der Waals surface area contributed by atoms with Crippen LogP contribution in [0.15, 0.2) is 0 Å². The molecule has 2 unspecified atom stereocenters. The Morgan fingerprint density at radius 3 is 2.45 bits per heavy atom. The Morgan fingerprint density at radius 1 is 1.30 bits per heavy atom. The summed E-state index contributed by atoms with van der Waals surface area (Å²) in [4.78, 5) is 16.8. The number of hydrogen-bond acceptors (Lipinski definition) is 3. The molecule has 20 heavy (non-hydrogen) atoms. The molecule has 4 heteroatoms. The first-order valence-corrected chi connectivity index (χ1v) is 8.01. The van der Waals surface area contributed by atoms with Gasteiger partial charge in [-0.25, -0.2) is 0 Å². The van der Waals surface area contributed by atoms with Crippen LogP contribution in [0.1, 0.15) is 46.5 Å². The molecular formula is C16H31N3O. The van der Waals surface area contributed by atoms with Crippen molar-refractivity contribution >= 4 is 5.91 Å². The smallest absolute Gasteiger partial charge is 0.240 e. The van der Waals surface area contributed by atoms with Crippen LogP contribution in [-0.4, -0.2) is 55.1 Å². The van der Waals surface area contributed by atoms with E-state index < -0.39 is 0 Å². The van der Waals surface area contributed by atoms with E-state index in [1.807, 2.05) is 6.92 Å². The number of carbonyl (C=O) groups is 1. The van der Waals surface area contributed by atoms with Gasteiger partial charge in [-0.2, -0.15) is 0 Å². The van der Waals surface area contributed by atoms with Gasteiger partial charge >= 0.3 is 0 Å². The lowest BCUT2D eigenvalue weighted by molar-refractivity contribution is -0.132. The van der Waals surface area contributed by atoms with Crippen LogP contribution in [0, 0.1) is 11.3 Å². The monoisotopic (exact) mass is 281 g/mol. The van der Waals surface area contributed by atoms with Crippen molar-refractivity contribution in [3.05, 3.63) is 0 Å². The van der Waals surface area contributed by atoms with Crippen molar-refractivity contribution in [3.63, 3.8) is 0 Å². The number of hydrogen-bond donors (Lipinski definition) is 1. The second-order valence-electron chi connectivity index (χ2n) is 7.75. The number of carbonyl (C=O) groups excluding carboxylic acids is 1. The lowest BCUT2D eigenvalue weighted by Gasteiger charge is -2.37. The van der Waals surface area contributed by atoms with Crippen LogP contribution in [-0.2, 0) is 4.79 Å². The zero-order valence-corrected chi connectivity index (χ0v) is 13.8. The molecule has 116 valence electrons. The van der Waals surface area contributed by atoms with E-state index in [-0.39, 0.29) is 23.5 Å². The van der Waals surface area contributed by atoms with Crippen LogP contribution in [0.2, 0.25) is 0 Å². The molecule has 1 aliphatic carbocycles. The summed E-state index contributed by atoms with van der Waals surface area (Å²) in [7, 11) is 4.20. The Bertz CT molecular complexity index is 348. The number of nitrogens with zero attached hydrogens (tertiary/aromatic N) is 2. The van der Waals surface area contributed by atoms with Crippen molar-refractivity contribution in [3.8, 4) is 0 Å². The van der Waals surface area contributed by atoms with Crippen molar-refractivity contribution in [1.82, 2.24) is 15.1 Å². The molecule has 0 bridgehead atoms. The van der Waals surface area contributed by atoms with Crippen molar-refractivity contribution in [2.24, 2.45) is 11.3 Å². The van der Waals surface area contributed by atoms with Crippen LogP contribution in [0.5, 0.6) is 0 Å². The molecule has 1 heterocycles. The fourth-order valence-electron chi connectivity index (χ4n) is 4.01. The predicted molar refractivity (Wildman–Crippen MR) is 82.4 cm³/mol. The third-order valence-electron chi connectivity index (χ3n) is 4.60. The highest BCUT2D eigenvalue weighted by atomic mass is 16.2. The van der Waals surface area contributed by atoms with E-state index in [0.29, 0.717) is 5.92 Å².